The molecule has 2 aliphatic rings. The average Bonchev–Trinajstić information content (AvgIpc) is 1.65. The third-order valence-electron chi connectivity index (χ3n) is 18.9. The van der Waals surface area contributed by atoms with Crippen molar-refractivity contribution in [1.29, 1.82) is 0 Å². The quantitative estimate of drug-likeness (QED) is 0.0208. The lowest BCUT2D eigenvalue weighted by Gasteiger charge is -2.33. The van der Waals surface area contributed by atoms with E-state index in [1.807, 2.05) is 37.5 Å². The number of likely N-dealkylation sites (tertiary alicyclic amines) is 1. The predicted molar refractivity (Wildman–Crippen MR) is 403 cm³/mol. The topological polar surface area (TPSA) is 529 Å². The molecule has 604 valence electrons. The van der Waals surface area contributed by atoms with Gasteiger partial charge in [-0.3, -0.25) is 86.7 Å². The molecule has 6 rings (SSSR count). The number of carboxylic acid groups (broad SMARTS) is 2. The van der Waals surface area contributed by atoms with E-state index in [0.29, 0.717) is 92.9 Å². The lowest BCUT2D eigenvalue weighted by Crippen LogP contribution is -2.60. The maximum atomic E-state index is 14.7. The van der Waals surface area contributed by atoms with Crippen LogP contribution in [0.5, 0.6) is 0 Å². The molecule has 4 heterocycles. The van der Waals surface area contributed by atoms with Gasteiger partial charge in [-0.1, -0.05) is 90.1 Å². The summed E-state index contributed by atoms with van der Waals surface area (Å²) in [5.41, 5.74) is 13.4. The molecule has 0 radical (unpaired) electrons. The highest BCUT2D eigenvalue weighted by Crippen LogP contribution is 2.21. The number of nitrogens with zero attached hydrogens (tertiary/aromatic N) is 5. The summed E-state index contributed by atoms with van der Waals surface area (Å²) in [5.74, 6) is -11.7. The van der Waals surface area contributed by atoms with Crippen LogP contribution in [0.4, 0.5) is 0 Å². The lowest BCUT2D eigenvalue weighted by molar-refractivity contribution is -0.140. The summed E-state index contributed by atoms with van der Waals surface area (Å²) in [5, 5.41) is 57.9. The largest absolute Gasteiger partial charge is 0.480 e. The van der Waals surface area contributed by atoms with Gasteiger partial charge in [-0.2, -0.15) is 0 Å². The highest BCUT2D eigenvalue weighted by atomic mass is 16.4. The zero-order chi connectivity index (χ0) is 80.7. The molecule has 0 spiro atoms. The van der Waals surface area contributed by atoms with Crippen molar-refractivity contribution in [1.82, 2.24) is 87.7 Å². The number of hydrogen-bond donors (Lipinski definition) is 17. The molecule has 36 nitrogen and oxygen atoms in total. The third kappa shape index (κ3) is 30.9. The maximum absolute atomic E-state index is 14.7. The van der Waals surface area contributed by atoms with Gasteiger partial charge in [0.25, 0.3) is 0 Å². The first kappa shape index (κ1) is 88.5. The molecule has 2 fully saturated rings. The molecule has 4 aromatic rings. The van der Waals surface area contributed by atoms with Gasteiger partial charge < -0.3 is 89.9 Å². The van der Waals surface area contributed by atoms with Crippen LogP contribution in [-0.2, 0) is 86.4 Å². The van der Waals surface area contributed by atoms with E-state index >= 15 is 0 Å². The smallest absolute Gasteiger partial charge is 0.317 e. The molecule has 12 amide bonds. The summed E-state index contributed by atoms with van der Waals surface area (Å²) < 4.78 is 0. The molecule has 0 saturated carbocycles. The van der Waals surface area contributed by atoms with E-state index in [9.17, 15) is 82.4 Å². The highest BCUT2D eigenvalue weighted by Gasteiger charge is 2.36. The van der Waals surface area contributed by atoms with Gasteiger partial charge in [-0.25, -0.2) is 4.98 Å². The van der Waals surface area contributed by atoms with Gasteiger partial charge >= 0.3 is 11.9 Å². The van der Waals surface area contributed by atoms with Crippen molar-refractivity contribution in [2.45, 2.75) is 173 Å². The number of aliphatic hydroxyl groups excluding tert-OH is 1. The van der Waals surface area contributed by atoms with E-state index < -0.39 is 157 Å². The van der Waals surface area contributed by atoms with E-state index in [1.54, 1.807) is 84.4 Å². The summed E-state index contributed by atoms with van der Waals surface area (Å²) >= 11 is 0. The van der Waals surface area contributed by atoms with Crippen LogP contribution < -0.4 is 64.6 Å². The number of aromatic amines is 2. The summed E-state index contributed by atoms with van der Waals surface area (Å²) in [6.45, 7) is 13.6. The second-order valence-electron chi connectivity index (χ2n) is 29.5. The Morgan fingerprint density at radius 1 is 0.527 bits per heavy atom. The number of benzene rings is 2. The second kappa shape index (κ2) is 44.3. The molecule has 2 saturated heterocycles. The van der Waals surface area contributed by atoms with Crippen molar-refractivity contribution >= 4 is 93.7 Å². The molecular formula is C74H111N19O17. The van der Waals surface area contributed by atoms with Crippen molar-refractivity contribution < 1.29 is 82.4 Å². The molecule has 2 aromatic heterocycles. The molecule has 19 N–H and O–H groups in total. The van der Waals surface area contributed by atoms with Crippen molar-refractivity contribution in [3.05, 3.63) is 90.1 Å². The number of primary amides is 2. The molecule has 2 aromatic carbocycles. The van der Waals surface area contributed by atoms with Crippen molar-refractivity contribution in [3.63, 3.8) is 0 Å². The fraction of sp³-hybridized carbons (Fsp3) is 0.581. The van der Waals surface area contributed by atoms with Gasteiger partial charge in [-0.05, 0) is 74.0 Å². The third-order valence-corrected chi connectivity index (χ3v) is 18.9. The number of carbonyl (C=O) groups is 14. The van der Waals surface area contributed by atoms with Crippen LogP contribution in [0.1, 0.15) is 110 Å². The monoisotopic (exact) mass is 1540 g/mol. The minimum Gasteiger partial charge on any atom is -0.480 e. The van der Waals surface area contributed by atoms with Gasteiger partial charge in [-0.15, -0.1) is 0 Å². The SMILES string of the molecule is CC(C)C[C@H](NC(=O)C[C@H](O)[C@H](CC(C)C)NC(=O)[C@H](Cc1c[nH]cn1)NC(=O)CNC(=O)[C@@H](NC(=O)[C@H](C)NC(=O)[C@H](Cc1c[nH]c2ccccc12)NC(=O)[C@H](CCC(N)=O)NC(=O)[C@@H](Cc1ccccc1)NC(=O)CN1CCC(NC(=O)CN2CCN(CC(=O)O)CCN(CC(=O)O)CC2)CC1)C(C)C)C(N)=O. The standard InChI is InChI=1S/C74H111N19O17/c1-43(2)29-54(59(94)34-61(96)83-55(68(76)104)30-44(3)4)87-73(109)58(33-50-36-77-42-80-50)84-62(97)37-79-74(110)67(45(5)6)89-69(105)46(7)81-71(107)57(32-48-35-78-52-16-12-11-15-51(48)52)88-70(106)53(17-18-60(75)95)86-72(108)56(31-47-13-9-8-10-14-47)85-64(99)39-90-21-19-49(20-22-90)82-63(98)38-91-23-25-92(40-65(100)101)27-28-93(26-24-91)41-66(102)103/h8-16,35-36,42-46,49,53-59,67,78,94H,17-34,37-41H2,1-7H3,(H2,75,95)(H2,76,104)(H,77,80)(H,79,110)(H,81,107)(H,82,98)(H,83,96)(H,84,97)(H,85,99)(H,86,108)(H,87,109)(H,88,106)(H,89,105)(H,100,101)(H,102,103)/t46-,53-,54-,55-,56+,57-,58-,59-,67-/m0/s1. The lowest BCUT2D eigenvalue weighted by atomic mass is 9.96. The Morgan fingerprint density at radius 3 is 1.64 bits per heavy atom. The van der Waals surface area contributed by atoms with Crippen LogP contribution in [0.25, 0.3) is 10.9 Å². The Hall–Kier alpha value is -10.4. The number of aromatic nitrogens is 3. The Balaban J connectivity index is 1.09. The van der Waals surface area contributed by atoms with E-state index in [4.69, 9.17) is 11.5 Å². The number of imidazole rings is 1. The summed E-state index contributed by atoms with van der Waals surface area (Å²) in [6, 6.07) is 5.30. The fourth-order valence-electron chi connectivity index (χ4n) is 13.0. The summed E-state index contributed by atoms with van der Waals surface area (Å²) in [7, 11) is 0. The number of para-hydroxylation sites is 1. The van der Waals surface area contributed by atoms with Crippen LogP contribution in [0.3, 0.4) is 0 Å². The summed E-state index contributed by atoms with van der Waals surface area (Å²) in [6.07, 6.45) is 2.85. The molecule has 110 heavy (non-hydrogen) atoms. The van der Waals surface area contributed by atoms with E-state index in [1.165, 1.54) is 19.4 Å². The molecule has 0 bridgehead atoms. The number of H-pyrrole nitrogens is 2. The molecule has 36 heteroatoms. The number of piperidine rings is 1. The first-order valence-electron chi connectivity index (χ1n) is 37.3. The van der Waals surface area contributed by atoms with Gasteiger partial charge in [0.2, 0.25) is 70.9 Å². The van der Waals surface area contributed by atoms with Gasteiger partial charge in [0.15, 0.2) is 0 Å². The minimum atomic E-state index is -1.54. The molecular weight excluding hydrogens is 1430 g/mol. The number of aliphatic carboxylic acids is 2. The number of amides is 12. The zero-order valence-electron chi connectivity index (χ0n) is 63.6. The number of rotatable bonds is 43. The number of fused-ring (bicyclic) bond motifs is 1. The van der Waals surface area contributed by atoms with E-state index in [2.05, 4.69) is 68.1 Å². The normalized spacial score (nSPS) is 16.7. The maximum Gasteiger partial charge on any atom is 0.317 e. The first-order chi connectivity index (χ1) is 52.2. The van der Waals surface area contributed by atoms with Crippen molar-refractivity contribution in [3.8, 4) is 0 Å². The van der Waals surface area contributed by atoms with Crippen LogP contribution in [0.15, 0.2) is 73.3 Å². The number of carboxylic acids is 2. The second-order valence-corrected chi connectivity index (χ2v) is 29.5. The Kier molecular flexibility index (Phi) is 35.6. The van der Waals surface area contributed by atoms with Gasteiger partial charge in [0.05, 0.1) is 63.3 Å². The van der Waals surface area contributed by atoms with Gasteiger partial charge in [0.1, 0.15) is 42.3 Å². The van der Waals surface area contributed by atoms with Crippen LogP contribution >= 0.6 is 0 Å². The molecule has 9 atom stereocenters. The first-order valence-corrected chi connectivity index (χ1v) is 37.3. The number of nitrogens with one attached hydrogen (secondary N) is 12. The number of carbonyl (C=O) groups excluding carboxylic acids is 12. The Bertz CT molecular complexity index is 3730. The van der Waals surface area contributed by atoms with Crippen molar-refractivity contribution in [2.75, 3.05) is 85.1 Å². The van der Waals surface area contributed by atoms with E-state index in [-0.39, 0.29) is 88.5 Å². The Morgan fingerprint density at radius 2 is 1.05 bits per heavy atom. The van der Waals surface area contributed by atoms with Crippen LogP contribution in [0, 0.1) is 17.8 Å². The fourth-order valence-corrected chi connectivity index (χ4v) is 13.0. The number of hydrogen-bond acceptors (Lipinski definition) is 20. The predicted octanol–water partition coefficient (Wildman–Crippen LogP) is -3.15. The van der Waals surface area contributed by atoms with Crippen LogP contribution in [0.2, 0.25) is 0 Å². The molecule has 0 aliphatic carbocycles. The highest BCUT2D eigenvalue weighted by molar-refractivity contribution is 5.98. The van der Waals surface area contributed by atoms with Crippen molar-refractivity contribution in [2.24, 2.45) is 29.2 Å². The van der Waals surface area contributed by atoms with E-state index in [0.717, 1.165) is 0 Å². The number of aliphatic hydroxyl groups is 1. The Labute approximate surface area is 639 Å². The van der Waals surface area contributed by atoms with Crippen LogP contribution in [-0.4, -0.2) is 278 Å². The molecule has 0 unspecified atom stereocenters. The zero-order valence-corrected chi connectivity index (χ0v) is 63.6. The molecule has 2 aliphatic heterocycles. The number of nitrogens with two attached hydrogens (primary N) is 2. The average molecular weight is 1540 g/mol. The summed E-state index contributed by atoms with van der Waals surface area (Å²) in [4.78, 5) is 205. The minimum absolute atomic E-state index is 0.00333. The van der Waals surface area contributed by atoms with Gasteiger partial charge in [0, 0.05) is 107 Å².